The number of carbonyl (C=O) groups is 1. The van der Waals surface area contributed by atoms with Gasteiger partial charge in [-0.05, 0) is 60.4 Å². The molecule has 0 radical (unpaired) electrons. The van der Waals surface area contributed by atoms with Crippen molar-refractivity contribution in [3.8, 4) is 11.5 Å². The lowest BCUT2D eigenvalue weighted by molar-refractivity contribution is -0.118. The van der Waals surface area contributed by atoms with Gasteiger partial charge in [0.1, 0.15) is 11.5 Å². The van der Waals surface area contributed by atoms with E-state index in [1.807, 2.05) is 25.1 Å². The van der Waals surface area contributed by atoms with Gasteiger partial charge < -0.3 is 14.8 Å². The van der Waals surface area contributed by atoms with E-state index in [-0.39, 0.29) is 18.3 Å². The summed E-state index contributed by atoms with van der Waals surface area (Å²) in [6.45, 7) is 3.22. The molecule has 0 heterocycles. The Morgan fingerprint density at radius 3 is 2.28 bits per heavy atom. The molecule has 0 bridgehead atoms. The lowest BCUT2D eigenvalue weighted by Crippen LogP contribution is -2.20. The average Bonchev–Trinajstić information content (AvgIpc) is 2.54. The molecule has 25 heavy (non-hydrogen) atoms. The number of hydrogen-bond acceptors (Lipinski definition) is 3. The summed E-state index contributed by atoms with van der Waals surface area (Å²) < 4.78 is 33.9. The standard InChI is InChI=1S/C19H21F2NO3/c1-12(2)17-9-8-16(10-13(17)3)24-11-18(23)22-14-4-6-15(7-5-14)25-19(20)21/h4-10,12,19H,11H2,1-3H3,(H,22,23). The van der Waals surface area contributed by atoms with E-state index < -0.39 is 6.61 Å². The number of halogens is 2. The van der Waals surface area contributed by atoms with Crippen LogP contribution >= 0.6 is 0 Å². The summed E-state index contributed by atoms with van der Waals surface area (Å²) in [6.07, 6.45) is 0. The summed E-state index contributed by atoms with van der Waals surface area (Å²) in [5.74, 6) is 0.741. The van der Waals surface area contributed by atoms with Crippen LogP contribution in [0.5, 0.6) is 11.5 Å². The maximum atomic E-state index is 12.1. The monoisotopic (exact) mass is 349 g/mol. The number of benzene rings is 2. The first-order valence-electron chi connectivity index (χ1n) is 7.93. The van der Waals surface area contributed by atoms with Gasteiger partial charge in [-0.25, -0.2) is 0 Å². The number of amides is 1. The van der Waals surface area contributed by atoms with E-state index in [2.05, 4.69) is 23.9 Å². The molecule has 6 heteroatoms. The highest BCUT2D eigenvalue weighted by Crippen LogP contribution is 2.23. The minimum atomic E-state index is -2.88. The van der Waals surface area contributed by atoms with Crippen LogP contribution in [0.15, 0.2) is 42.5 Å². The van der Waals surface area contributed by atoms with Crippen molar-refractivity contribution in [1.82, 2.24) is 0 Å². The smallest absolute Gasteiger partial charge is 0.387 e. The predicted molar refractivity (Wildman–Crippen MR) is 92.5 cm³/mol. The molecule has 0 aliphatic rings. The van der Waals surface area contributed by atoms with Gasteiger partial charge in [0.2, 0.25) is 0 Å². The molecule has 0 fully saturated rings. The summed E-state index contributed by atoms with van der Waals surface area (Å²) >= 11 is 0. The van der Waals surface area contributed by atoms with E-state index in [1.54, 1.807) is 0 Å². The van der Waals surface area contributed by atoms with Gasteiger partial charge in [0.25, 0.3) is 5.91 Å². The quantitative estimate of drug-likeness (QED) is 0.785. The SMILES string of the molecule is Cc1cc(OCC(=O)Nc2ccc(OC(F)F)cc2)ccc1C(C)C. The lowest BCUT2D eigenvalue weighted by atomic mass is 9.98. The zero-order valence-corrected chi connectivity index (χ0v) is 14.4. The maximum absolute atomic E-state index is 12.1. The van der Waals surface area contributed by atoms with E-state index in [9.17, 15) is 13.6 Å². The van der Waals surface area contributed by atoms with Crippen LogP contribution in [0, 0.1) is 6.92 Å². The molecule has 0 aromatic heterocycles. The number of carbonyl (C=O) groups excluding carboxylic acids is 1. The van der Waals surface area contributed by atoms with Crippen molar-refractivity contribution in [2.75, 3.05) is 11.9 Å². The number of rotatable bonds is 7. The van der Waals surface area contributed by atoms with E-state index >= 15 is 0 Å². The van der Waals surface area contributed by atoms with Gasteiger partial charge in [-0.1, -0.05) is 19.9 Å². The molecular weight excluding hydrogens is 328 g/mol. The Kier molecular flexibility index (Phi) is 6.33. The molecule has 0 saturated heterocycles. The largest absolute Gasteiger partial charge is 0.484 e. The first-order valence-corrected chi connectivity index (χ1v) is 7.93. The lowest BCUT2D eigenvalue weighted by Gasteiger charge is -2.12. The number of anilines is 1. The van der Waals surface area contributed by atoms with E-state index in [1.165, 1.54) is 29.8 Å². The third-order valence-electron chi connectivity index (χ3n) is 3.60. The first kappa shape index (κ1) is 18.7. The molecule has 0 saturated carbocycles. The fourth-order valence-corrected chi connectivity index (χ4v) is 2.45. The average molecular weight is 349 g/mol. The molecule has 0 aliphatic heterocycles. The van der Waals surface area contributed by atoms with Gasteiger partial charge >= 0.3 is 6.61 Å². The minimum Gasteiger partial charge on any atom is -0.484 e. The second-order valence-corrected chi connectivity index (χ2v) is 5.91. The van der Waals surface area contributed by atoms with Crippen molar-refractivity contribution in [2.24, 2.45) is 0 Å². The Hall–Kier alpha value is -2.63. The van der Waals surface area contributed by atoms with Gasteiger partial charge in [-0.15, -0.1) is 0 Å². The van der Waals surface area contributed by atoms with E-state index in [4.69, 9.17) is 4.74 Å². The molecule has 0 spiro atoms. The van der Waals surface area contributed by atoms with Crippen molar-refractivity contribution < 1.29 is 23.0 Å². The number of hydrogen-bond donors (Lipinski definition) is 1. The second-order valence-electron chi connectivity index (χ2n) is 5.91. The molecule has 4 nitrogen and oxygen atoms in total. The third-order valence-corrected chi connectivity index (χ3v) is 3.60. The van der Waals surface area contributed by atoms with Crippen LogP contribution in [0.1, 0.15) is 30.9 Å². The van der Waals surface area contributed by atoms with Gasteiger partial charge in [0.15, 0.2) is 6.61 Å². The molecule has 2 rings (SSSR count). The van der Waals surface area contributed by atoms with Crippen LogP contribution in [0.2, 0.25) is 0 Å². The van der Waals surface area contributed by atoms with E-state index in [0.29, 0.717) is 17.4 Å². The summed E-state index contributed by atoms with van der Waals surface area (Å²) in [5, 5.41) is 2.63. The zero-order valence-electron chi connectivity index (χ0n) is 14.4. The zero-order chi connectivity index (χ0) is 18.4. The van der Waals surface area contributed by atoms with Gasteiger partial charge in [-0.3, -0.25) is 4.79 Å². The van der Waals surface area contributed by atoms with Gasteiger partial charge in [0.05, 0.1) is 0 Å². The van der Waals surface area contributed by atoms with Crippen LogP contribution < -0.4 is 14.8 Å². The molecular formula is C19H21F2NO3. The van der Waals surface area contributed by atoms with Crippen LogP contribution in [-0.2, 0) is 4.79 Å². The van der Waals surface area contributed by atoms with Crippen molar-refractivity contribution in [3.05, 3.63) is 53.6 Å². The topological polar surface area (TPSA) is 47.6 Å². The van der Waals surface area contributed by atoms with Crippen molar-refractivity contribution in [3.63, 3.8) is 0 Å². The normalized spacial score (nSPS) is 10.8. The molecule has 2 aromatic rings. The predicted octanol–water partition coefficient (Wildman–Crippen LogP) is 4.74. The Morgan fingerprint density at radius 1 is 1.08 bits per heavy atom. The Balaban J connectivity index is 1.87. The second kappa shape index (κ2) is 8.46. The highest BCUT2D eigenvalue weighted by atomic mass is 19.3. The number of nitrogens with one attached hydrogen (secondary N) is 1. The highest BCUT2D eigenvalue weighted by Gasteiger charge is 2.08. The molecule has 0 aliphatic carbocycles. The molecule has 2 aromatic carbocycles. The van der Waals surface area contributed by atoms with Crippen molar-refractivity contribution >= 4 is 11.6 Å². The number of alkyl halides is 2. The first-order chi connectivity index (χ1) is 11.8. The highest BCUT2D eigenvalue weighted by molar-refractivity contribution is 5.91. The fraction of sp³-hybridized carbons (Fsp3) is 0.316. The van der Waals surface area contributed by atoms with Gasteiger partial charge in [-0.2, -0.15) is 8.78 Å². The van der Waals surface area contributed by atoms with Crippen LogP contribution in [0.25, 0.3) is 0 Å². The summed E-state index contributed by atoms with van der Waals surface area (Å²) in [5.41, 5.74) is 2.83. The Labute approximate surface area is 145 Å². The molecule has 0 atom stereocenters. The fourth-order valence-electron chi connectivity index (χ4n) is 2.45. The molecule has 134 valence electrons. The third kappa shape index (κ3) is 5.74. The summed E-state index contributed by atoms with van der Waals surface area (Å²) in [7, 11) is 0. The molecule has 1 N–H and O–H groups in total. The van der Waals surface area contributed by atoms with Gasteiger partial charge in [0, 0.05) is 5.69 Å². The summed E-state index contributed by atoms with van der Waals surface area (Å²) in [4.78, 5) is 11.9. The number of aryl methyl sites for hydroxylation is 1. The van der Waals surface area contributed by atoms with Crippen LogP contribution in [0.4, 0.5) is 14.5 Å². The Bertz CT molecular complexity index is 715. The summed E-state index contributed by atoms with van der Waals surface area (Å²) in [6, 6.07) is 11.4. The molecule has 1 amide bonds. The maximum Gasteiger partial charge on any atom is 0.387 e. The Morgan fingerprint density at radius 2 is 1.72 bits per heavy atom. The minimum absolute atomic E-state index is 0.0324. The van der Waals surface area contributed by atoms with Crippen LogP contribution in [-0.4, -0.2) is 19.1 Å². The molecule has 0 unspecified atom stereocenters. The van der Waals surface area contributed by atoms with Crippen molar-refractivity contribution in [2.45, 2.75) is 33.3 Å². The van der Waals surface area contributed by atoms with Crippen LogP contribution in [0.3, 0.4) is 0 Å². The number of ether oxygens (including phenoxy) is 2. The van der Waals surface area contributed by atoms with E-state index in [0.717, 1.165) is 5.56 Å². The van der Waals surface area contributed by atoms with Crippen molar-refractivity contribution in [1.29, 1.82) is 0 Å².